The fraction of sp³-hybridized carbons (Fsp3) is 0.0667. The first kappa shape index (κ1) is 14.5. The van der Waals surface area contributed by atoms with Gasteiger partial charge in [0.25, 0.3) is 0 Å². The van der Waals surface area contributed by atoms with Crippen LogP contribution in [0.15, 0.2) is 41.7 Å². The number of hydrogen-bond donors (Lipinski definition) is 2. The lowest BCUT2D eigenvalue weighted by molar-refractivity contribution is -0.385. The Labute approximate surface area is 130 Å². The van der Waals surface area contributed by atoms with Crippen LogP contribution >= 0.6 is 0 Å². The van der Waals surface area contributed by atoms with E-state index in [0.717, 1.165) is 11.0 Å². The number of ether oxygens (including phenoxy) is 1. The molecule has 0 aliphatic heterocycles. The fourth-order valence-corrected chi connectivity index (χ4v) is 2.19. The van der Waals surface area contributed by atoms with Crippen LogP contribution in [0.3, 0.4) is 0 Å². The van der Waals surface area contributed by atoms with E-state index in [-0.39, 0.29) is 17.2 Å². The Bertz CT molecular complexity index is 917. The van der Waals surface area contributed by atoms with E-state index in [1.54, 1.807) is 18.5 Å². The van der Waals surface area contributed by atoms with Crippen LogP contribution in [-0.2, 0) is 0 Å². The van der Waals surface area contributed by atoms with Gasteiger partial charge in [0, 0.05) is 17.8 Å². The van der Waals surface area contributed by atoms with Crippen LogP contribution in [0.5, 0.6) is 11.5 Å². The number of fused-ring (bicyclic) bond motifs is 1. The Morgan fingerprint density at radius 1 is 1.39 bits per heavy atom. The number of nitrogens with one attached hydrogen (secondary N) is 1. The van der Waals surface area contributed by atoms with Crippen molar-refractivity contribution in [2.75, 3.05) is 7.11 Å². The van der Waals surface area contributed by atoms with Gasteiger partial charge >= 0.3 is 5.69 Å². The second kappa shape index (κ2) is 5.76. The van der Waals surface area contributed by atoms with Crippen molar-refractivity contribution in [3.8, 4) is 11.5 Å². The summed E-state index contributed by atoms with van der Waals surface area (Å²) in [5, 5.41) is 20.9. The molecule has 0 fully saturated rings. The minimum atomic E-state index is -0.619. The minimum Gasteiger partial charge on any atom is -0.504 e. The third-order valence-electron chi connectivity index (χ3n) is 3.24. The van der Waals surface area contributed by atoms with E-state index in [1.807, 2.05) is 6.07 Å². The van der Waals surface area contributed by atoms with Gasteiger partial charge in [-0.2, -0.15) is 0 Å². The fourth-order valence-electron chi connectivity index (χ4n) is 2.19. The number of phenolic OH excluding ortho intramolecular Hbond substituents is 1. The first-order valence-electron chi connectivity index (χ1n) is 6.61. The highest BCUT2D eigenvalue weighted by Crippen LogP contribution is 2.36. The first-order chi connectivity index (χ1) is 11.1. The molecular formula is C15H12N4O4. The highest BCUT2D eigenvalue weighted by Gasteiger charge is 2.19. The van der Waals surface area contributed by atoms with Gasteiger partial charge in [0.05, 0.1) is 35.1 Å². The molecule has 2 N–H and O–H groups in total. The zero-order valence-corrected chi connectivity index (χ0v) is 12.1. The van der Waals surface area contributed by atoms with Crippen molar-refractivity contribution in [1.29, 1.82) is 0 Å². The van der Waals surface area contributed by atoms with Crippen molar-refractivity contribution in [1.82, 2.24) is 9.97 Å². The molecule has 0 bridgehead atoms. The van der Waals surface area contributed by atoms with Gasteiger partial charge in [0.15, 0.2) is 5.75 Å². The van der Waals surface area contributed by atoms with Crippen molar-refractivity contribution < 1.29 is 14.8 Å². The summed E-state index contributed by atoms with van der Waals surface area (Å²) in [6.07, 6.45) is 3.02. The van der Waals surface area contributed by atoms with Crippen LogP contribution < -0.4 is 4.74 Å². The lowest BCUT2D eigenvalue weighted by atomic mass is 10.2. The summed E-state index contributed by atoms with van der Waals surface area (Å²) < 4.78 is 4.85. The summed E-state index contributed by atoms with van der Waals surface area (Å²) >= 11 is 0. The number of aromatic amines is 1. The molecule has 8 nitrogen and oxygen atoms in total. The molecule has 0 aliphatic rings. The predicted octanol–water partition coefficient (Wildman–Crippen LogP) is 2.94. The standard InChI is InChI=1S/C15H12N4O4/c1-23-15-13(19(21)22)4-9(5-14(15)20)7-16-10-2-3-11-12(6-10)18-8-17-11/h2-8,20H,1H3,(H,17,18). The van der Waals surface area contributed by atoms with E-state index in [1.165, 1.54) is 25.5 Å². The number of nitro groups is 1. The number of imidazole rings is 1. The maximum absolute atomic E-state index is 11.0. The van der Waals surface area contributed by atoms with Crippen LogP contribution in [-0.4, -0.2) is 33.3 Å². The molecule has 0 unspecified atom stereocenters. The zero-order valence-electron chi connectivity index (χ0n) is 12.1. The van der Waals surface area contributed by atoms with E-state index < -0.39 is 4.92 Å². The highest BCUT2D eigenvalue weighted by atomic mass is 16.6. The topological polar surface area (TPSA) is 114 Å². The van der Waals surface area contributed by atoms with Gasteiger partial charge in [-0.15, -0.1) is 0 Å². The number of nitrogens with zero attached hydrogens (tertiary/aromatic N) is 3. The van der Waals surface area contributed by atoms with Gasteiger partial charge in [-0.25, -0.2) is 4.98 Å². The third-order valence-corrected chi connectivity index (χ3v) is 3.24. The normalized spacial score (nSPS) is 11.2. The minimum absolute atomic E-state index is 0.175. The molecule has 2 aromatic carbocycles. The SMILES string of the molecule is COc1c(O)cc(C=Nc2ccc3nc[nH]c3c2)cc1[N+](=O)[O-]. The summed E-state index contributed by atoms with van der Waals surface area (Å²) in [5.74, 6) is -0.488. The smallest absolute Gasteiger partial charge is 0.315 e. The molecule has 0 aliphatic carbocycles. The molecule has 0 saturated carbocycles. The van der Waals surface area contributed by atoms with Crippen LogP contribution in [0.1, 0.15) is 5.56 Å². The lowest BCUT2D eigenvalue weighted by Gasteiger charge is -2.05. The number of aliphatic imine (C=N–C) groups is 1. The molecular weight excluding hydrogens is 300 g/mol. The Balaban J connectivity index is 1.96. The van der Waals surface area contributed by atoms with Gasteiger partial charge in [-0.05, 0) is 24.3 Å². The van der Waals surface area contributed by atoms with Crippen LogP contribution in [0.4, 0.5) is 11.4 Å². The molecule has 23 heavy (non-hydrogen) atoms. The van der Waals surface area contributed by atoms with Crippen LogP contribution in [0, 0.1) is 10.1 Å². The number of hydrogen-bond acceptors (Lipinski definition) is 6. The summed E-state index contributed by atoms with van der Waals surface area (Å²) in [7, 11) is 1.26. The largest absolute Gasteiger partial charge is 0.504 e. The maximum atomic E-state index is 11.0. The van der Waals surface area contributed by atoms with Crippen molar-refractivity contribution in [2.45, 2.75) is 0 Å². The van der Waals surface area contributed by atoms with E-state index in [2.05, 4.69) is 15.0 Å². The number of aromatic nitrogens is 2. The Morgan fingerprint density at radius 2 is 2.22 bits per heavy atom. The van der Waals surface area contributed by atoms with Gasteiger partial charge in [-0.3, -0.25) is 15.1 Å². The molecule has 3 rings (SSSR count). The number of phenols is 1. The van der Waals surface area contributed by atoms with E-state index >= 15 is 0 Å². The second-order valence-corrected chi connectivity index (χ2v) is 4.71. The van der Waals surface area contributed by atoms with E-state index in [9.17, 15) is 15.2 Å². The van der Waals surface area contributed by atoms with Gasteiger partial charge < -0.3 is 14.8 Å². The number of benzene rings is 2. The van der Waals surface area contributed by atoms with Crippen molar-refractivity contribution in [2.24, 2.45) is 4.99 Å². The molecule has 1 heterocycles. The van der Waals surface area contributed by atoms with E-state index in [0.29, 0.717) is 11.3 Å². The number of H-pyrrole nitrogens is 1. The highest BCUT2D eigenvalue weighted by molar-refractivity contribution is 5.86. The summed E-state index contributed by atoms with van der Waals surface area (Å²) in [5.41, 5.74) is 2.38. The quantitative estimate of drug-likeness (QED) is 0.437. The Kier molecular flexibility index (Phi) is 3.63. The predicted molar refractivity (Wildman–Crippen MR) is 84.7 cm³/mol. The zero-order chi connectivity index (χ0) is 16.4. The summed E-state index contributed by atoms with van der Waals surface area (Å²) in [6, 6.07) is 8.03. The number of rotatable bonds is 4. The maximum Gasteiger partial charge on any atom is 0.315 e. The number of methoxy groups -OCH3 is 1. The van der Waals surface area contributed by atoms with E-state index in [4.69, 9.17) is 4.74 Å². The number of aromatic hydroxyl groups is 1. The molecule has 116 valence electrons. The first-order valence-corrected chi connectivity index (χ1v) is 6.61. The van der Waals surface area contributed by atoms with Crippen molar-refractivity contribution in [3.05, 3.63) is 52.3 Å². The molecule has 0 saturated heterocycles. The lowest BCUT2D eigenvalue weighted by Crippen LogP contribution is -1.96. The molecule has 0 amide bonds. The monoisotopic (exact) mass is 312 g/mol. The molecule has 0 atom stereocenters. The molecule has 8 heteroatoms. The van der Waals surface area contributed by atoms with Gasteiger partial charge in [-0.1, -0.05) is 0 Å². The third kappa shape index (κ3) is 2.82. The summed E-state index contributed by atoms with van der Waals surface area (Å²) in [4.78, 5) is 21.8. The van der Waals surface area contributed by atoms with Crippen molar-refractivity contribution in [3.63, 3.8) is 0 Å². The molecule has 3 aromatic rings. The van der Waals surface area contributed by atoms with Crippen LogP contribution in [0.2, 0.25) is 0 Å². The average Bonchev–Trinajstić information content (AvgIpc) is 2.99. The molecule has 0 radical (unpaired) electrons. The van der Waals surface area contributed by atoms with Gasteiger partial charge in [0.1, 0.15) is 0 Å². The Morgan fingerprint density at radius 3 is 2.96 bits per heavy atom. The summed E-state index contributed by atoms with van der Waals surface area (Å²) in [6.45, 7) is 0. The average molecular weight is 312 g/mol. The van der Waals surface area contributed by atoms with Gasteiger partial charge in [0.2, 0.25) is 5.75 Å². The van der Waals surface area contributed by atoms with Crippen molar-refractivity contribution >= 4 is 28.6 Å². The second-order valence-electron chi connectivity index (χ2n) is 4.71. The Hall–Kier alpha value is -3.42. The molecule has 1 aromatic heterocycles. The molecule has 0 spiro atoms. The van der Waals surface area contributed by atoms with Crippen LogP contribution in [0.25, 0.3) is 11.0 Å². The number of nitro benzene ring substituents is 1.